The first kappa shape index (κ1) is 17.3. The number of rotatable bonds is 6. The molecule has 2 aromatic heterocycles. The van der Waals surface area contributed by atoms with Crippen LogP contribution in [0.5, 0.6) is 0 Å². The molecule has 1 unspecified atom stereocenters. The van der Waals surface area contributed by atoms with Crippen LogP contribution < -0.4 is 4.90 Å². The van der Waals surface area contributed by atoms with Crippen molar-refractivity contribution in [2.45, 2.75) is 19.4 Å². The molecule has 8 nitrogen and oxygen atoms in total. The lowest BCUT2D eigenvalue weighted by Crippen LogP contribution is -2.25. The molecule has 1 aliphatic carbocycles. The number of hydrogen-bond donors (Lipinski definition) is 2. The molecule has 4 aromatic rings. The van der Waals surface area contributed by atoms with Crippen molar-refractivity contribution in [3.05, 3.63) is 65.4 Å². The second kappa shape index (κ2) is 6.66. The van der Waals surface area contributed by atoms with Crippen LogP contribution in [-0.2, 0) is 0 Å². The van der Waals surface area contributed by atoms with Gasteiger partial charge >= 0.3 is 5.97 Å². The number of nitrogens with zero attached hydrogens (tertiary/aromatic N) is 5. The third-order valence-corrected chi connectivity index (χ3v) is 5.26. The average Bonchev–Trinajstić information content (AvgIpc) is 3.20. The highest BCUT2D eigenvalue weighted by Crippen LogP contribution is 2.51. The van der Waals surface area contributed by atoms with E-state index < -0.39 is 5.97 Å². The molecule has 2 aromatic carbocycles. The summed E-state index contributed by atoms with van der Waals surface area (Å²) in [5.41, 5.74) is 3.58. The zero-order chi connectivity index (χ0) is 20.0. The van der Waals surface area contributed by atoms with E-state index >= 15 is 0 Å². The van der Waals surface area contributed by atoms with Gasteiger partial charge in [0.25, 0.3) is 0 Å². The zero-order valence-corrected chi connectivity index (χ0v) is 15.7. The zero-order valence-electron chi connectivity index (χ0n) is 15.7. The number of carboxylic acids is 1. The molecule has 144 valence electrons. The van der Waals surface area contributed by atoms with Crippen LogP contribution in [0, 0.1) is 0 Å². The van der Waals surface area contributed by atoms with Crippen molar-refractivity contribution in [1.29, 1.82) is 0 Å². The lowest BCUT2D eigenvalue weighted by Gasteiger charge is -2.24. The molecule has 0 spiro atoms. The Bertz CT molecular complexity index is 1220. The summed E-state index contributed by atoms with van der Waals surface area (Å²) in [6, 6.07) is 13.6. The third kappa shape index (κ3) is 2.80. The van der Waals surface area contributed by atoms with Crippen molar-refractivity contribution >= 4 is 22.6 Å². The SMILES string of the molecule is CCCN(c1ncccc1C(=O)O)C1c2ccc3cc(-c4nnn[nH]4)ccc3c21. The second-order valence-electron chi connectivity index (χ2n) is 7.03. The first-order valence-electron chi connectivity index (χ1n) is 9.44. The molecular weight excluding hydrogens is 368 g/mol. The number of aromatic nitrogens is 5. The first-order valence-corrected chi connectivity index (χ1v) is 9.44. The van der Waals surface area contributed by atoms with Gasteiger partial charge in [0.05, 0.1) is 6.04 Å². The van der Waals surface area contributed by atoms with Crippen molar-refractivity contribution < 1.29 is 9.90 Å². The number of H-pyrrole nitrogens is 1. The molecule has 0 saturated carbocycles. The predicted molar refractivity (Wildman–Crippen MR) is 108 cm³/mol. The lowest BCUT2D eigenvalue weighted by molar-refractivity contribution is 0.0697. The van der Waals surface area contributed by atoms with Gasteiger partial charge in [-0.05, 0) is 56.9 Å². The monoisotopic (exact) mass is 386 g/mol. The van der Waals surface area contributed by atoms with Crippen molar-refractivity contribution in [3.8, 4) is 11.4 Å². The molecule has 0 aliphatic heterocycles. The molecule has 0 radical (unpaired) electrons. The molecule has 2 N–H and O–H groups in total. The summed E-state index contributed by atoms with van der Waals surface area (Å²) in [6.45, 7) is 2.80. The molecule has 2 heterocycles. The fraction of sp³-hybridized carbons (Fsp3) is 0.190. The van der Waals surface area contributed by atoms with Crippen LogP contribution in [0.3, 0.4) is 0 Å². The number of anilines is 1. The lowest BCUT2D eigenvalue weighted by atomic mass is 10.1. The largest absolute Gasteiger partial charge is 0.478 e. The van der Waals surface area contributed by atoms with E-state index in [1.165, 1.54) is 11.1 Å². The predicted octanol–water partition coefficient (Wildman–Crippen LogP) is 3.43. The average molecular weight is 386 g/mol. The fourth-order valence-electron chi connectivity index (χ4n) is 3.98. The van der Waals surface area contributed by atoms with Gasteiger partial charge in [-0.1, -0.05) is 31.2 Å². The molecule has 0 amide bonds. The van der Waals surface area contributed by atoms with Gasteiger partial charge in [-0.3, -0.25) is 0 Å². The summed E-state index contributed by atoms with van der Waals surface area (Å²) in [6.07, 6.45) is 2.54. The van der Waals surface area contributed by atoms with E-state index in [0.717, 1.165) is 29.3 Å². The molecule has 0 bridgehead atoms. The Morgan fingerprint density at radius 1 is 1.24 bits per heavy atom. The van der Waals surface area contributed by atoms with Crippen LogP contribution in [0.15, 0.2) is 48.7 Å². The van der Waals surface area contributed by atoms with Crippen LogP contribution in [-0.4, -0.2) is 43.2 Å². The minimum Gasteiger partial charge on any atom is -0.478 e. The van der Waals surface area contributed by atoms with E-state index in [-0.39, 0.29) is 11.6 Å². The van der Waals surface area contributed by atoms with E-state index in [0.29, 0.717) is 11.6 Å². The van der Waals surface area contributed by atoms with E-state index in [9.17, 15) is 9.90 Å². The summed E-state index contributed by atoms with van der Waals surface area (Å²) in [4.78, 5) is 18.2. The Hall–Kier alpha value is -3.81. The standard InChI is InChI=1S/C21H18N6O2/c1-2-10-27(20-16(21(28)29)4-3-9-22-20)18-15-8-5-12-11-13(19-23-25-26-24-19)6-7-14(12)17(15)18/h3-9,11,18H,2,10H2,1H3,(H,28,29)(H,23,24,25,26). The number of aromatic amines is 1. The number of aromatic carboxylic acids is 1. The Morgan fingerprint density at radius 3 is 2.90 bits per heavy atom. The molecule has 29 heavy (non-hydrogen) atoms. The number of hydrogen-bond acceptors (Lipinski definition) is 6. The molecule has 5 rings (SSSR count). The topological polar surface area (TPSA) is 108 Å². The van der Waals surface area contributed by atoms with E-state index in [1.807, 2.05) is 6.07 Å². The van der Waals surface area contributed by atoms with Gasteiger partial charge in [0.1, 0.15) is 11.4 Å². The third-order valence-electron chi connectivity index (χ3n) is 5.26. The van der Waals surface area contributed by atoms with E-state index in [2.05, 4.69) is 61.7 Å². The highest BCUT2D eigenvalue weighted by Gasteiger charge is 2.40. The number of pyridine rings is 1. The molecule has 0 fully saturated rings. The quantitative estimate of drug-likeness (QED) is 0.522. The molecular formula is C21H18N6O2. The Kier molecular flexibility index (Phi) is 3.97. The Labute approximate surface area is 166 Å². The summed E-state index contributed by atoms with van der Waals surface area (Å²) in [5, 5.41) is 25.9. The molecule has 1 atom stereocenters. The number of nitrogens with one attached hydrogen (secondary N) is 1. The van der Waals surface area contributed by atoms with Gasteiger partial charge in [-0.15, -0.1) is 5.10 Å². The second-order valence-corrected chi connectivity index (χ2v) is 7.03. The Balaban J connectivity index is 1.57. The van der Waals surface area contributed by atoms with Gasteiger partial charge in [0, 0.05) is 18.3 Å². The van der Waals surface area contributed by atoms with Crippen molar-refractivity contribution in [2.75, 3.05) is 11.4 Å². The maximum atomic E-state index is 11.7. The van der Waals surface area contributed by atoms with E-state index in [4.69, 9.17) is 0 Å². The summed E-state index contributed by atoms with van der Waals surface area (Å²) >= 11 is 0. The van der Waals surface area contributed by atoms with Crippen LogP contribution >= 0.6 is 0 Å². The summed E-state index contributed by atoms with van der Waals surface area (Å²) in [5.74, 6) is 0.176. The summed E-state index contributed by atoms with van der Waals surface area (Å²) in [7, 11) is 0. The van der Waals surface area contributed by atoms with E-state index in [1.54, 1.807) is 18.3 Å². The first-order chi connectivity index (χ1) is 14.2. The number of tetrazole rings is 1. The van der Waals surface area contributed by atoms with Gasteiger partial charge in [-0.2, -0.15) is 0 Å². The van der Waals surface area contributed by atoms with Crippen LogP contribution in [0.4, 0.5) is 5.82 Å². The van der Waals surface area contributed by atoms with Crippen molar-refractivity contribution in [1.82, 2.24) is 25.6 Å². The maximum absolute atomic E-state index is 11.7. The van der Waals surface area contributed by atoms with Crippen LogP contribution in [0.2, 0.25) is 0 Å². The van der Waals surface area contributed by atoms with Gasteiger partial charge in [0.2, 0.25) is 0 Å². The highest BCUT2D eigenvalue weighted by atomic mass is 16.4. The molecule has 1 aliphatic rings. The maximum Gasteiger partial charge on any atom is 0.339 e. The highest BCUT2D eigenvalue weighted by molar-refractivity contribution is 5.97. The number of fused-ring (bicyclic) bond motifs is 3. The number of carbonyl (C=O) groups is 1. The van der Waals surface area contributed by atoms with Gasteiger partial charge in [0.15, 0.2) is 5.82 Å². The van der Waals surface area contributed by atoms with Gasteiger partial charge < -0.3 is 10.0 Å². The van der Waals surface area contributed by atoms with Crippen molar-refractivity contribution in [3.63, 3.8) is 0 Å². The fourth-order valence-corrected chi connectivity index (χ4v) is 3.98. The minimum absolute atomic E-state index is 0.0400. The Morgan fingerprint density at radius 2 is 2.14 bits per heavy atom. The summed E-state index contributed by atoms with van der Waals surface area (Å²) < 4.78 is 0. The van der Waals surface area contributed by atoms with Crippen LogP contribution in [0.25, 0.3) is 22.2 Å². The number of carboxylic acid groups (broad SMARTS) is 1. The molecule has 8 heteroatoms. The normalized spacial score (nSPS) is 14.6. The number of benzene rings is 2. The smallest absolute Gasteiger partial charge is 0.339 e. The van der Waals surface area contributed by atoms with Crippen molar-refractivity contribution in [2.24, 2.45) is 0 Å². The van der Waals surface area contributed by atoms with Crippen LogP contribution in [0.1, 0.15) is 40.9 Å². The minimum atomic E-state index is -0.964. The molecule has 0 saturated heterocycles. The van der Waals surface area contributed by atoms with Gasteiger partial charge in [-0.25, -0.2) is 14.9 Å².